The van der Waals surface area contributed by atoms with Crippen LogP contribution in [-0.4, -0.2) is 0 Å². The van der Waals surface area contributed by atoms with Gasteiger partial charge < -0.3 is 0 Å². The average Bonchev–Trinajstić information content (AvgIpc) is 2.41. The van der Waals surface area contributed by atoms with Gasteiger partial charge in [-0.15, -0.1) is 0 Å². The molecule has 0 aliphatic rings. The Balaban J connectivity index is 3.24. The van der Waals surface area contributed by atoms with Crippen LogP contribution in [-0.2, 0) is 0 Å². The summed E-state index contributed by atoms with van der Waals surface area (Å²) in [6.07, 6.45) is 0. The fourth-order valence-corrected chi connectivity index (χ4v) is 5.95. The van der Waals surface area contributed by atoms with E-state index in [9.17, 15) is 9.59 Å². The van der Waals surface area contributed by atoms with Gasteiger partial charge in [0.05, 0.1) is 0 Å². The fraction of sp³-hybridized carbons (Fsp3) is 0. The highest BCUT2D eigenvalue weighted by Crippen LogP contribution is 2.23. The molecule has 0 fully saturated rings. The Kier molecular flexibility index (Phi) is 1.48. The molecule has 0 aliphatic carbocycles. The van der Waals surface area contributed by atoms with E-state index in [4.69, 9.17) is 0 Å². The van der Waals surface area contributed by atoms with Crippen LogP contribution >= 0.6 is 41.4 Å². The molecule has 0 amide bonds. The highest BCUT2D eigenvalue weighted by molar-refractivity contribution is 7.78. The Hall–Kier alpha value is -0.0400. The molecule has 2 aromatic heterocycles. The monoisotopic (exact) mass is 208 g/mol. The van der Waals surface area contributed by atoms with E-state index >= 15 is 0 Å². The Morgan fingerprint density at radius 3 is 1.50 bits per heavy atom. The Labute approximate surface area is 69.8 Å². The van der Waals surface area contributed by atoms with Crippen molar-refractivity contribution in [3.05, 3.63) is 19.1 Å². The summed E-state index contributed by atoms with van der Waals surface area (Å²) in [6, 6.07) is 0. The van der Waals surface area contributed by atoms with Gasteiger partial charge in [-0.1, -0.05) is 20.7 Å². The van der Waals surface area contributed by atoms with Gasteiger partial charge in [0.15, 0.2) is 0 Å². The van der Waals surface area contributed by atoms with Gasteiger partial charge in [0.2, 0.25) is 0 Å². The zero-order valence-electron chi connectivity index (χ0n) is 4.45. The molecule has 2 rings (SSSR count). The van der Waals surface area contributed by atoms with Gasteiger partial charge in [0.25, 0.3) is 9.48 Å². The molecule has 6 heteroatoms. The second kappa shape index (κ2) is 2.23. The molecule has 0 saturated heterocycles. The lowest BCUT2D eigenvalue weighted by molar-refractivity contribution is 2.05. The lowest BCUT2D eigenvalue weighted by Crippen LogP contribution is -1.86. The molecule has 0 spiro atoms. The smallest absolute Gasteiger partial charge is 0.261 e. The zero-order valence-corrected chi connectivity index (χ0v) is 7.72. The van der Waals surface area contributed by atoms with Crippen LogP contribution < -0.4 is 9.48 Å². The maximum atomic E-state index is 10.9. The van der Waals surface area contributed by atoms with Crippen molar-refractivity contribution in [2.75, 3.05) is 0 Å². The summed E-state index contributed by atoms with van der Waals surface area (Å²) in [6.45, 7) is 0. The van der Waals surface area contributed by atoms with Gasteiger partial charge in [-0.2, -0.15) is 0 Å². The standard InChI is InChI=1S/C4O2S4/c5-3-1-2(8-9-3)4(6)10-7-1. The van der Waals surface area contributed by atoms with Crippen LogP contribution in [0.5, 0.6) is 0 Å². The van der Waals surface area contributed by atoms with Crippen LogP contribution in [0.4, 0.5) is 0 Å². The fourth-order valence-electron chi connectivity index (χ4n) is 0.564. The van der Waals surface area contributed by atoms with Crippen molar-refractivity contribution in [2.45, 2.75) is 0 Å². The zero-order chi connectivity index (χ0) is 7.14. The predicted octanol–water partition coefficient (Wildman–Crippen LogP) is 1.81. The molecular weight excluding hydrogens is 208 g/mol. The Morgan fingerprint density at radius 2 is 1.10 bits per heavy atom. The molecule has 0 aromatic carbocycles. The van der Waals surface area contributed by atoms with E-state index in [0.717, 1.165) is 20.7 Å². The third kappa shape index (κ3) is 0.800. The molecule has 0 saturated carbocycles. The molecule has 0 aliphatic heterocycles. The topological polar surface area (TPSA) is 34.1 Å². The number of hydrogen-bond donors (Lipinski definition) is 0. The largest absolute Gasteiger partial charge is 0.275 e. The molecule has 2 aromatic rings. The molecule has 0 N–H and O–H groups in total. The van der Waals surface area contributed by atoms with E-state index in [1.165, 1.54) is 20.7 Å². The van der Waals surface area contributed by atoms with Crippen LogP contribution in [0, 0.1) is 0 Å². The minimum atomic E-state index is 0.0309. The normalized spacial score (nSPS) is 10.8. The first-order chi connectivity index (χ1) is 4.79. The predicted molar refractivity (Wildman–Crippen MR) is 48.0 cm³/mol. The second-order valence-electron chi connectivity index (χ2n) is 1.57. The Bertz CT molecular complexity index is 411. The van der Waals surface area contributed by atoms with Gasteiger partial charge in [-0.05, 0) is 20.7 Å². The van der Waals surface area contributed by atoms with Gasteiger partial charge in [-0.3, -0.25) is 9.59 Å². The summed E-state index contributed by atoms with van der Waals surface area (Å²) in [5.41, 5.74) is 0. The van der Waals surface area contributed by atoms with Gasteiger partial charge in [0, 0.05) is 0 Å². The van der Waals surface area contributed by atoms with Crippen molar-refractivity contribution in [1.29, 1.82) is 0 Å². The summed E-state index contributed by atoms with van der Waals surface area (Å²) in [5, 5.41) is 0. The second-order valence-corrected chi connectivity index (χ2v) is 5.79. The van der Waals surface area contributed by atoms with E-state index in [0.29, 0.717) is 9.40 Å². The first-order valence-electron chi connectivity index (χ1n) is 2.31. The van der Waals surface area contributed by atoms with Crippen molar-refractivity contribution in [2.24, 2.45) is 0 Å². The average molecular weight is 208 g/mol. The highest BCUT2D eigenvalue weighted by atomic mass is 32.9. The quantitative estimate of drug-likeness (QED) is 0.619. The lowest BCUT2D eigenvalue weighted by atomic mass is 10.6. The van der Waals surface area contributed by atoms with E-state index in [1.54, 1.807) is 0 Å². The molecule has 0 atom stereocenters. The van der Waals surface area contributed by atoms with E-state index in [-0.39, 0.29) is 9.48 Å². The molecule has 0 bridgehead atoms. The molecule has 0 radical (unpaired) electrons. The molecule has 2 nitrogen and oxygen atoms in total. The van der Waals surface area contributed by atoms with Crippen molar-refractivity contribution >= 4 is 50.8 Å². The van der Waals surface area contributed by atoms with E-state index < -0.39 is 0 Å². The number of rotatable bonds is 0. The van der Waals surface area contributed by atoms with Crippen molar-refractivity contribution < 1.29 is 0 Å². The molecule has 52 valence electrons. The third-order valence-corrected chi connectivity index (χ3v) is 5.76. The first-order valence-corrected chi connectivity index (χ1v) is 6.61. The summed E-state index contributed by atoms with van der Waals surface area (Å²) >= 11 is 0. The molecule has 2 heterocycles. The SMILES string of the molecule is O=c1ssc2c(=O)ssc12. The third-order valence-electron chi connectivity index (χ3n) is 0.978. The Morgan fingerprint density at radius 1 is 0.700 bits per heavy atom. The summed E-state index contributed by atoms with van der Waals surface area (Å²) < 4.78 is 1.35. The van der Waals surface area contributed by atoms with E-state index in [2.05, 4.69) is 0 Å². The van der Waals surface area contributed by atoms with Gasteiger partial charge in [-0.25, -0.2) is 0 Å². The molecule has 10 heavy (non-hydrogen) atoms. The summed E-state index contributed by atoms with van der Waals surface area (Å²) in [7, 11) is 4.85. The van der Waals surface area contributed by atoms with Crippen LogP contribution in [0.3, 0.4) is 0 Å². The summed E-state index contributed by atoms with van der Waals surface area (Å²) in [4.78, 5) is 21.8. The molecule has 0 unspecified atom stereocenters. The minimum absolute atomic E-state index is 0.0309. The maximum Gasteiger partial charge on any atom is 0.261 e. The minimum Gasteiger partial charge on any atom is -0.275 e. The van der Waals surface area contributed by atoms with Crippen molar-refractivity contribution in [1.82, 2.24) is 0 Å². The van der Waals surface area contributed by atoms with Gasteiger partial charge >= 0.3 is 0 Å². The van der Waals surface area contributed by atoms with Crippen molar-refractivity contribution in [3.63, 3.8) is 0 Å². The summed E-state index contributed by atoms with van der Waals surface area (Å²) in [5.74, 6) is 0. The maximum absolute atomic E-state index is 10.9. The van der Waals surface area contributed by atoms with Gasteiger partial charge in [0.1, 0.15) is 9.40 Å². The first kappa shape index (κ1) is 6.66. The van der Waals surface area contributed by atoms with Crippen LogP contribution in [0.1, 0.15) is 0 Å². The highest BCUT2D eigenvalue weighted by Gasteiger charge is 2.07. The number of hydrogen-bond acceptors (Lipinski definition) is 6. The van der Waals surface area contributed by atoms with E-state index in [1.807, 2.05) is 0 Å². The lowest BCUT2D eigenvalue weighted by Gasteiger charge is -1.59. The number of fused-ring (bicyclic) bond motifs is 1. The molecular formula is C4O2S4. The van der Waals surface area contributed by atoms with Crippen LogP contribution in [0.2, 0.25) is 0 Å². The van der Waals surface area contributed by atoms with Crippen LogP contribution in [0.15, 0.2) is 9.59 Å². The van der Waals surface area contributed by atoms with Crippen LogP contribution in [0.25, 0.3) is 9.40 Å². The van der Waals surface area contributed by atoms with Crippen molar-refractivity contribution in [3.8, 4) is 0 Å².